The highest BCUT2D eigenvalue weighted by molar-refractivity contribution is 5.76. The van der Waals surface area contributed by atoms with Gasteiger partial charge in [-0.3, -0.25) is 4.79 Å². The molecule has 23 heterocycles. The maximum Gasteiger partial charge on any atom is 0.222 e. The van der Waals surface area contributed by atoms with Gasteiger partial charge in [0.1, 0.15) is 177 Å². The van der Waals surface area contributed by atoms with Crippen LogP contribution in [0, 0.1) is 5.92 Å². The molecule has 37 heteroatoms. The molecule has 23 aliphatic rings. The van der Waals surface area contributed by atoms with E-state index in [-0.39, 0.29) is 13.0 Å². The minimum absolute atomic E-state index is 0.0209. The Bertz CT molecular complexity index is 2110. The summed E-state index contributed by atoms with van der Waals surface area (Å²) in [7, 11) is 0. The number of nitrogens with one attached hydrogen (secondary N) is 1. The van der Waals surface area contributed by atoms with Crippen molar-refractivity contribution in [2.24, 2.45) is 5.92 Å². The van der Waals surface area contributed by atoms with Crippen molar-refractivity contribution in [3.8, 4) is 0 Å². The SMILES string of the molecule is CC(C)CCOCCC(=O)NCC1OC2OC3C(CO)OC(OC4C(CO)OC(OC5C(CO)OC(OC6C(CO)OC(COC7C(CO)OC(OC8C(CO)OC(OC1C(O)C2O)C(O)C8O)C(O)C7O)C(O)C6O)C(O)C5O)C(O)C4O)C(O)C3O. The van der Waals surface area contributed by atoms with Crippen LogP contribution in [0.3, 0.4) is 0 Å². The van der Waals surface area contributed by atoms with Gasteiger partial charge < -0.3 is 179 Å². The fourth-order valence-corrected chi connectivity index (χ4v) is 11.5. The van der Waals surface area contributed by atoms with E-state index in [0.29, 0.717) is 18.9 Å². The quantitative estimate of drug-likeness (QED) is 0.0718. The molecule has 0 aromatic carbocycles. The molecular formula is C51H87NO36. The van der Waals surface area contributed by atoms with Gasteiger partial charge in [-0.1, -0.05) is 13.8 Å². The van der Waals surface area contributed by atoms with Crippen LogP contribution < -0.4 is 5.32 Å². The summed E-state index contributed by atoms with van der Waals surface area (Å²) in [5, 5.41) is 226. The Kier molecular flexibility index (Phi) is 26.2. The number of carbonyl (C=O) groups excluding carboxylic acids is 1. The van der Waals surface area contributed by atoms with Crippen molar-refractivity contribution < 1.29 is 178 Å². The maximum atomic E-state index is 13.1. The van der Waals surface area contributed by atoms with Crippen molar-refractivity contribution in [3.05, 3.63) is 0 Å². The molecule has 35 atom stereocenters. The fraction of sp³-hybridized carbons (Fsp3) is 0.980. The first-order valence-corrected chi connectivity index (χ1v) is 29.1. The lowest BCUT2D eigenvalue weighted by molar-refractivity contribution is -0.397. The van der Waals surface area contributed by atoms with Crippen molar-refractivity contribution in [1.82, 2.24) is 5.32 Å². The molecule has 35 unspecified atom stereocenters. The zero-order valence-corrected chi connectivity index (χ0v) is 47.7. The molecule has 14 bridgehead atoms. The molecule has 0 aliphatic carbocycles. The number of hydrogen-bond acceptors (Lipinski definition) is 36. The Balaban J connectivity index is 1.07. The summed E-state index contributed by atoms with van der Waals surface area (Å²) >= 11 is 0. The summed E-state index contributed by atoms with van der Waals surface area (Å²) in [6.07, 6.45) is -68.4. The first kappa shape index (κ1) is 71.9. The van der Waals surface area contributed by atoms with Crippen LogP contribution in [0.4, 0.5) is 0 Å². The molecule has 1 amide bonds. The molecule has 0 radical (unpaired) electrons. The average Bonchev–Trinajstić information content (AvgIpc) is 1.18. The van der Waals surface area contributed by atoms with E-state index in [1.165, 1.54) is 0 Å². The molecule has 23 fully saturated rings. The van der Waals surface area contributed by atoms with Gasteiger partial charge in [-0.2, -0.15) is 0 Å². The van der Waals surface area contributed by atoms with Crippen LogP contribution in [0.1, 0.15) is 26.7 Å². The first-order valence-electron chi connectivity index (χ1n) is 29.1. The van der Waals surface area contributed by atoms with E-state index in [1.54, 1.807) is 0 Å². The third-order valence-corrected chi connectivity index (χ3v) is 16.7. The molecule has 0 aromatic rings. The molecule has 0 saturated carbocycles. The van der Waals surface area contributed by atoms with Crippen LogP contribution in [-0.4, -0.2) is 389 Å². The van der Waals surface area contributed by atoms with Crippen LogP contribution in [0.15, 0.2) is 0 Å². The van der Waals surface area contributed by atoms with Gasteiger partial charge >= 0.3 is 0 Å². The predicted octanol–water partition coefficient (Wildman–Crippen LogP) is -13.6. The van der Waals surface area contributed by atoms with E-state index in [0.717, 1.165) is 0 Å². The standard InChI is InChI=1S/C51H87NO36/c1-15(2)3-5-74-6-4-24(59)52-7-16-40-28(63)34(69)46(77-16)85-42-19(10-55)81-50(37(72)30(42)65)88-45-22(13-58)82-51(38(73)32(45)67)87-44-21(12-57)80-49(36(71)31(44)66)84-41-18(9-54)76-23(25(60)26(41)61)14-75-39-17(8-53)78-47(33(68)27(39)62)86-43-20(11-56)79-48(83-40)35(70)29(43)64/h15-23,25-51,53-58,60-73H,3-14H2,1-2H3,(H,52,59). The third-order valence-electron chi connectivity index (χ3n) is 16.7. The Morgan fingerprint density at radius 2 is 0.636 bits per heavy atom. The van der Waals surface area contributed by atoms with E-state index >= 15 is 0 Å². The lowest BCUT2D eigenvalue weighted by atomic mass is 9.94. The highest BCUT2D eigenvalue weighted by Crippen LogP contribution is 2.38. The minimum Gasteiger partial charge on any atom is -0.394 e. The van der Waals surface area contributed by atoms with Gasteiger partial charge in [0.2, 0.25) is 5.91 Å². The van der Waals surface area contributed by atoms with Crippen molar-refractivity contribution in [1.29, 1.82) is 0 Å². The minimum atomic E-state index is -2.24. The van der Waals surface area contributed by atoms with Crippen molar-refractivity contribution in [2.75, 3.05) is 66.0 Å². The molecule has 23 saturated heterocycles. The van der Waals surface area contributed by atoms with Gasteiger partial charge in [0, 0.05) is 19.6 Å². The Hall–Kier alpha value is -1.93. The summed E-state index contributed by atoms with van der Waals surface area (Å²) in [6.45, 7) is -3.25. The van der Waals surface area contributed by atoms with Crippen LogP contribution >= 0.6 is 0 Å². The number of ether oxygens (including phenoxy) is 15. The number of rotatable bonds is 14. The second kappa shape index (κ2) is 32.0. The number of aliphatic hydroxyl groups is 20. The lowest BCUT2D eigenvalue weighted by Crippen LogP contribution is -2.69. The lowest BCUT2D eigenvalue weighted by Gasteiger charge is -2.50. The van der Waals surface area contributed by atoms with E-state index in [4.69, 9.17) is 71.1 Å². The molecule has 512 valence electrons. The van der Waals surface area contributed by atoms with Gasteiger partial charge in [0.15, 0.2) is 37.7 Å². The fourth-order valence-electron chi connectivity index (χ4n) is 11.5. The smallest absolute Gasteiger partial charge is 0.222 e. The molecule has 0 spiro atoms. The Morgan fingerprint density at radius 3 is 0.955 bits per heavy atom. The van der Waals surface area contributed by atoms with E-state index < -0.39 is 273 Å². The topological polar surface area (TPSA) is 572 Å². The predicted molar refractivity (Wildman–Crippen MR) is 274 cm³/mol. The summed E-state index contributed by atoms with van der Waals surface area (Å²) in [5.41, 5.74) is 0. The van der Waals surface area contributed by atoms with Crippen LogP contribution in [-0.2, 0) is 75.8 Å². The maximum absolute atomic E-state index is 13.1. The summed E-state index contributed by atoms with van der Waals surface area (Å²) < 4.78 is 86.8. The molecule has 23 rings (SSSR count). The monoisotopic (exact) mass is 1290 g/mol. The van der Waals surface area contributed by atoms with E-state index in [2.05, 4.69) is 5.32 Å². The zero-order valence-electron chi connectivity index (χ0n) is 47.7. The van der Waals surface area contributed by atoms with E-state index in [9.17, 15) is 107 Å². The normalized spacial score (nSPS) is 50.1. The van der Waals surface area contributed by atoms with Crippen LogP contribution in [0.2, 0.25) is 0 Å². The summed E-state index contributed by atoms with van der Waals surface area (Å²) in [4.78, 5) is 13.1. The van der Waals surface area contributed by atoms with Crippen LogP contribution in [0.5, 0.6) is 0 Å². The Morgan fingerprint density at radius 1 is 0.364 bits per heavy atom. The second-order valence-corrected chi connectivity index (χ2v) is 23.2. The number of hydrogen-bond donors (Lipinski definition) is 21. The highest BCUT2D eigenvalue weighted by Gasteiger charge is 2.59. The highest BCUT2D eigenvalue weighted by atomic mass is 16.8. The van der Waals surface area contributed by atoms with Crippen LogP contribution in [0.25, 0.3) is 0 Å². The number of carbonyl (C=O) groups is 1. The first-order chi connectivity index (χ1) is 41.9. The van der Waals surface area contributed by atoms with Gasteiger partial charge in [0.05, 0.1) is 52.9 Å². The number of aliphatic hydroxyl groups excluding tert-OH is 20. The summed E-state index contributed by atoms with van der Waals surface area (Å²) in [6, 6.07) is 0. The van der Waals surface area contributed by atoms with Crippen molar-refractivity contribution in [2.45, 2.75) is 241 Å². The molecule has 37 nitrogen and oxygen atoms in total. The van der Waals surface area contributed by atoms with Gasteiger partial charge in [-0.15, -0.1) is 0 Å². The molecule has 0 aromatic heterocycles. The summed E-state index contributed by atoms with van der Waals surface area (Å²) in [5.74, 6) is -0.318. The van der Waals surface area contributed by atoms with Gasteiger partial charge in [-0.05, 0) is 12.3 Å². The van der Waals surface area contributed by atoms with Gasteiger partial charge in [0.25, 0.3) is 0 Å². The van der Waals surface area contributed by atoms with Crippen molar-refractivity contribution >= 4 is 5.91 Å². The second-order valence-electron chi connectivity index (χ2n) is 23.2. The molecular weight excluding hydrogens is 1200 g/mol. The Labute approximate surface area is 501 Å². The van der Waals surface area contributed by atoms with Crippen molar-refractivity contribution in [3.63, 3.8) is 0 Å². The van der Waals surface area contributed by atoms with E-state index in [1.807, 2.05) is 13.8 Å². The molecule has 88 heavy (non-hydrogen) atoms. The largest absolute Gasteiger partial charge is 0.394 e. The third kappa shape index (κ3) is 15.7. The number of amides is 1. The molecule has 23 aliphatic heterocycles. The molecule has 21 N–H and O–H groups in total. The zero-order chi connectivity index (χ0) is 64.2. The average molecular weight is 1290 g/mol. The van der Waals surface area contributed by atoms with Gasteiger partial charge in [-0.25, -0.2) is 0 Å².